The van der Waals surface area contributed by atoms with Crippen molar-refractivity contribution in [2.45, 2.75) is 32.6 Å². The number of halogens is 1. The number of hydrogen-bond acceptors (Lipinski definition) is 3. The number of benzene rings is 1. The van der Waals surface area contributed by atoms with Crippen molar-refractivity contribution in [1.82, 2.24) is 4.98 Å². The number of hydrogen-bond donors (Lipinski definition) is 1. The van der Waals surface area contributed by atoms with Crippen LogP contribution >= 0.6 is 27.3 Å². The van der Waals surface area contributed by atoms with E-state index in [1.54, 1.807) is 11.3 Å². The second-order valence-electron chi connectivity index (χ2n) is 5.19. The molecule has 0 unspecified atom stereocenters. The molecule has 1 aromatic heterocycles. The van der Waals surface area contributed by atoms with Crippen molar-refractivity contribution in [2.24, 2.45) is 5.41 Å². The molecule has 1 N–H and O–H groups in total. The van der Waals surface area contributed by atoms with E-state index in [9.17, 15) is 0 Å². The van der Waals surface area contributed by atoms with Gasteiger partial charge < -0.3 is 5.32 Å². The summed E-state index contributed by atoms with van der Waals surface area (Å²) in [5, 5.41) is 4.60. The minimum absolute atomic E-state index is 0.540. The van der Waals surface area contributed by atoms with Gasteiger partial charge in [-0.2, -0.15) is 0 Å². The maximum Gasteiger partial charge on any atom is 0.183 e. The molecule has 1 aromatic carbocycles. The topological polar surface area (TPSA) is 24.9 Å². The Morgan fingerprint density at radius 1 is 1.44 bits per heavy atom. The van der Waals surface area contributed by atoms with E-state index in [0.29, 0.717) is 5.41 Å². The summed E-state index contributed by atoms with van der Waals surface area (Å²) in [6.07, 6.45) is 5.40. The lowest BCUT2D eigenvalue weighted by atomic mass is 9.67. The molecule has 0 bridgehead atoms. The summed E-state index contributed by atoms with van der Waals surface area (Å²) in [6.45, 7) is 3.38. The number of nitrogens with zero attached hydrogens (tertiary/aromatic N) is 1. The monoisotopic (exact) mass is 324 g/mol. The zero-order valence-electron chi connectivity index (χ0n) is 10.5. The Kier molecular flexibility index (Phi) is 3.32. The average Bonchev–Trinajstić information content (AvgIpc) is 2.70. The summed E-state index contributed by atoms with van der Waals surface area (Å²) in [6, 6.07) is 6.28. The Labute approximate surface area is 120 Å². The summed E-state index contributed by atoms with van der Waals surface area (Å²) in [4.78, 5) is 4.65. The van der Waals surface area contributed by atoms with Gasteiger partial charge in [0.2, 0.25) is 0 Å². The molecule has 4 heteroatoms. The van der Waals surface area contributed by atoms with Gasteiger partial charge in [0, 0.05) is 11.0 Å². The third-order valence-corrected chi connectivity index (χ3v) is 5.62. The Bertz CT molecular complexity index is 554. The Morgan fingerprint density at radius 3 is 2.94 bits per heavy atom. The third-order valence-electron chi connectivity index (χ3n) is 4.13. The Balaban J connectivity index is 1.74. The largest absolute Gasteiger partial charge is 0.361 e. The van der Waals surface area contributed by atoms with Crippen LogP contribution < -0.4 is 5.32 Å². The van der Waals surface area contributed by atoms with E-state index < -0.39 is 0 Å². The number of fused-ring (bicyclic) bond motifs is 1. The molecule has 1 saturated carbocycles. The summed E-state index contributed by atoms with van der Waals surface area (Å²) in [5.41, 5.74) is 1.62. The van der Waals surface area contributed by atoms with E-state index in [4.69, 9.17) is 0 Å². The van der Waals surface area contributed by atoms with Gasteiger partial charge >= 0.3 is 0 Å². The number of rotatable bonds is 4. The van der Waals surface area contributed by atoms with Gasteiger partial charge in [-0.15, -0.1) is 0 Å². The normalized spacial score (nSPS) is 17.7. The number of anilines is 1. The number of nitrogens with one attached hydrogen (secondary N) is 1. The van der Waals surface area contributed by atoms with E-state index >= 15 is 0 Å². The summed E-state index contributed by atoms with van der Waals surface area (Å²) in [7, 11) is 0. The average molecular weight is 325 g/mol. The minimum Gasteiger partial charge on any atom is -0.361 e. The SMILES string of the molecule is CCC1(CNc2nc3cc(Br)ccc3s2)CCC1. The Hall–Kier alpha value is -0.610. The maximum atomic E-state index is 4.65. The highest BCUT2D eigenvalue weighted by atomic mass is 79.9. The standard InChI is InChI=1S/C14H17BrN2S/c1-2-14(6-3-7-14)9-16-13-17-11-8-10(15)4-5-12(11)18-13/h4-5,8H,2-3,6-7,9H2,1H3,(H,16,17). The molecule has 2 nitrogen and oxygen atoms in total. The van der Waals surface area contributed by atoms with Gasteiger partial charge in [0.25, 0.3) is 0 Å². The van der Waals surface area contributed by atoms with Crippen LogP contribution in [0.5, 0.6) is 0 Å². The van der Waals surface area contributed by atoms with Crippen LogP contribution in [0.25, 0.3) is 10.2 Å². The van der Waals surface area contributed by atoms with Gasteiger partial charge in [0.05, 0.1) is 10.2 Å². The van der Waals surface area contributed by atoms with Crippen LogP contribution in [0.3, 0.4) is 0 Å². The van der Waals surface area contributed by atoms with Gasteiger partial charge in [-0.3, -0.25) is 0 Å². The van der Waals surface area contributed by atoms with Crippen LogP contribution in [0.1, 0.15) is 32.6 Å². The molecule has 0 saturated heterocycles. The fourth-order valence-electron chi connectivity index (χ4n) is 2.57. The lowest BCUT2D eigenvalue weighted by molar-refractivity contribution is 0.145. The lowest BCUT2D eigenvalue weighted by Crippen LogP contribution is -2.35. The highest BCUT2D eigenvalue weighted by Gasteiger charge is 2.34. The molecule has 96 valence electrons. The van der Waals surface area contributed by atoms with Gasteiger partial charge in [0.1, 0.15) is 0 Å². The fraction of sp³-hybridized carbons (Fsp3) is 0.500. The quantitative estimate of drug-likeness (QED) is 0.851. The highest BCUT2D eigenvalue weighted by Crippen LogP contribution is 2.44. The first kappa shape index (κ1) is 12.4. The molecule has 3 rings (SSSR count). The molecule has 1 aliphatic carbocycles. The van der Waals surface area contributed by atoms with Gasteiger partial charge in [-0.25, -0.2) is 4.98 Å². The molecule has 2 aromatic rings. The van der Waals surface area contributed by atoms with E-state index in [1.807, 2.05) is 0 Å². The van der Waals surface area contributed by atoms with Crippen LogP contribution in [0.4, 0.5) is 5.13 Å². The van der Waals surface area contributed by atoms with Crippen molar-refractivity contribution in [3.8, 4) is 0 Å². The van der Waals surface area contributed by atoms with E-state index in [-0.39, 0.29) is 0 Å². The Morgan fingerprint density at radius 2 is 2.28 bits per heavy atom. The second kappa shape index (κ2) is 4.82. The van der Waals surface area contributed by atoms with Crippen LogP contribution in [0.2, 0.25) is 0 Å². The number of thiazole rings is 1. The maximum absolute atomic E-state index is 4.65. The zero-order valence-corrected chi connectivity index (χ0v) is 12.9. The van der Waals surface area contributed by atoms with Crippen molar-refractivity contribution >= 4 is 42.6 Å². The van der Waals surface area contributed by atoms with Crippen molar-refractivity contribution in [2.75, 3.05) is 11.9 Å². The lowest BCUT2D eigenvalue weighted by Gasteiger charge is -2.41. The molecule has 18 heavy (non-hydrogen) atoms. The van der Waals surface area contributed by atoms with E-state index in [2.05, 4.69) is 51.4 Å². The first-order valence-corrected chi connectivity index (χ1v) is 8.12. The van der Waals surface area contributed by atoms with Crippen LogP contribution in [0.15, 0.2) is 22.7 Å². The van der Waals surface area contributed by atoms with E-state index in [1.165, 1.54) is 30.4 Å². The molecule has 0 aliphatic heterocycles. The highest BCUT2D eigenvalue weighted by molar-refractivity contribution is 9.10. The smallest absolute Gasteiger partial charge is 0.183 e. The summed E-state index contributed by atoms with van der Waals surface area (Å²) >= 11 is 5.24. The molecule has 1 heterocycles. The molecular weight excluding hydrogens is 308 g/mol. The van der Waals surface area contributed by atoms with Crippen LogP contribution in [-0.4, -0.2) is 11.5 Å². The number of aromatic nitrogens is 1. The summed E-state index contributed by atoms with van der Waals surface area (Å²) < 4.78 is 2.34. The summed E-state index contributed by atoms with van der Waals surface area (Å²) in [5.74, 6) is 0. The van der Waals surface area contributed by atoms with Gasteiger partial charge in [-0.1, -0.05) is 40.6 Å². The van der Waals surface area contributed by atoms with Crippen molar-refractivity contribution in [3.63, 3.8) is 0 Å². The second-order valence-corrected chi connectivity index (χ2v) is 7.14. The van der Waals surface area contributed by atoms with E-state index in [0.717, 1.165) is 21.7 Å². The molecule has 0 amide bonds. The first-order chi connectivity index (χ1) is 8.71. The fourth-order valence-corrected chi connectivity index (χ4v) is 3.76. The van der Waals surface area contributed by atoms with Crippen LogP contribution in [-0.2, 0) is 0 Å². The van der Waals surface area contributed by atoms with Gasteiger partial charge in [0.15, 0.2) is 5.13 Å². The minimum atomic E-state index is 0.540. The predicted molar refractivity (Wildman–Crippen MR) is 82.4 cm³/mol. The molecular formula is C14H17BrN2S. The predicted octanol–water partition coefficient (Wildman–Crippen LogP) is 5.05. The van der Waals surface area contributed by atoms with Crippen molar-refractivity contribution in [3.05, 3.63) is 22.7 Å². The molecule has 1 aliphatic rings. The van der Waals surface area contributed by atoms with Crippen molar-refractivity contribution < 1.29 is 0 Å². The molecule has 1 fully saturated rings. The molecule has 0 spiro atoms. The molecule has 0 radical (unpaired) electrons. The molecule has 0 atom stereocenters. The van der Waals surface area contributed by atoms with Crippen LogP contribution in [0, 0.1) is 5.41 Å². The van der Waals surface area contributed by atoms with Crippen molar-refractivity contribution in [1.29, 1.82) is 0 Å². The van der Waals surface area contributed by atoms with Gasteiger partial charge in [-0.05, 0) is 42.9 Å². The zero-order chi connectivity index (χ0) is 12.6. The third kappa shape index (κ3) is 2.28. The first-order valence-electron chi connectivity index (χ1n) is 6.51.